The lowest BCUT2D eigenvalue weighted by atomic mass is 9.83. The van der Waals surface area contributed by atoms with Crippen LogP contribution in [0, 0.1) is 0 Å². The quantitative estimate of drug-likeness (QED) is 0.877. The molecule has 1 aromatic rings. The van der Waals surface area contributed by atoms with Gasteiger partial charge in [0.2, 0.25) is 0 Å². The van der Waals surface area contributed by atoms with Crippen LogP contribution in [-0.2, 0) is 5.41 Å². The Balaban J connectivity index is 3.00. The molecule has 0 saturated carbocycles. The molecule has 20 heavy (non-hydrogen) atoms. The molecule has 0 spiro atoms. The number of nitrogens with zero attached hydrogens (tertiary/aromatic N) is 1. The Morgan fingerprint density at radius 3 is 1.75 bits per heavy atom. The monoisotopic (exact) mass is 276 g/mol. The van der Waals surface area contributed by atoms with E-state index in [9.17, 15) is 0 Å². The Labute approximate surface area is 125 Å². The third kappa shape index (κ3) is 3.62. The van der Waals surface area contributed by atoms with E-state index in [0.717, 1.165) is 13.1 Å². The predicted molar refractivity (Wildman–Crippen MR) is 89.1 cm³/mol. The Hall–Kier alpha value is -0.860. The summed E-state index contributed by atoms with van der Waals surface area (Å²) in [6.45, 7) is 17.6. The standard InChI is InChI=1S/C18H32N2/c1-8-20(9-2)18(6,7)16(19)14-10-12-15(13-11-14)17(3,4)5/h10-13,16H,8-9,19H2,1-7H3. The molecule has 2 heteroatoms. The van der Waals surface area contributed by atoms with Gasteiger partial charge in [0.25, 0.3) is 0 Å². The zero-order valence-electron chi connectivity index (χ0n) is 14.3. The van der Waals surface area contributed by atoms with E-state index in [4.69, 9.17) is 5.73 Å². The Kier molecular flexibility index (Phi) is 5.39. The third-order valence-corrected chi connectivity index (χ3v) is 4.48. The second-order valence-electron chi connectivity index (χ2n) is 7.18. The minimum absolute atomic E-state index is 0.0245. The summed E-state index contributed by atoms with van der Waals surface area (Å²) in [5.74, 6) is 0. The van der Waals surface area contributed by atoms with Gasteiger partial charge in [-0.25, -0.2) is 0 Å². The van der Waals surface area contributed by atoms with Crippen molar-refractivity contribution in [3.63, 3.8) is 0 Å². The van der Waals surface area contributed by atoms with E-state index in [1.54, 1.807) is 0 Å². The number of nitrogens with two attached hydrogens (primary N) is 1. The van der Waals surface area contributed by atoms with E-state index in [1.165, 1.54) is 11.1 Å². The number of benzene rings is 1. The fourth-order valence-corrected chi connectivity index (χ4v) is 2.83. The lowest BCUT2D eigenvalue weighted by Gasteiger charge is -2.42. The molecule has 0 bridgehead atoms. The molecule has 2 nitrogen and oxygen atoms in total. The second-order valence-corrected chi connectivity index (χ2v) is 7.18. The number of hydrogen-bond donors (Lipinski definition) is 1. The maximum Gasteiger partial charge on any atom is 0.0476 e. The van der Waals surface area contributed by atoms with Crippen molar-refractivity contribution in [2.75, 3.05) is 13.1 Å². The minimum atomic E-state index is -0.0350. The topological polar surface area (TPSA) is 29.3 Å². The van der Waals surface area contributed by atoms with Crippen LogP contribution >= 0.6 is 0 Å². The largest absolute Gasteiger partial charge is 0.322 e. The maximum atomic E-state index is 6.54. The average Bonchev–Trinajstić information content (AvgIpc) is 2.38. The van der Waals surface area contributed by atoms with Gasteiger partial charge in [-0.05, 0) is 43.5 Å². The summed E-state index contributed by atoms with van der Waals surface area (Å²) in [6, 6.07) is 8.84. The van der Waals surface area contributed by atoms with E-state index in [2.05, 4.69) is 77.6 Å². The van der Waals surface area contributed by atoms with Crippen LogP contribution in [0.25, 0.3) is 0 Å². The van der Waals surface area contributed by atoms with E-state index >= 15 is 0 Å². The van der Waals surface area contributed by atoms with Gasteiger partial charge in [-0.1, -0.05) is 58.9 Å². The van der Waals surface area contributed by atoms with Crippen LogP contribution in [0.3, 0.4) is 0 Å². The fraction of sp³-hybridized carbons (Fsp3) is 0.667. The van der Waals surface area contributed by atoms with E-state index in [0.29, 0.717) is 0 Å². The second kappa shape index (κ2) is 6.28. The van der Waals surface area contributed by atoms with Gasteiger partial charge < -0.3 is 5.73 Å². The maximum absolute atomic E-state index is 6.54. The Morgan fingerprint density at radius 2 is 1.40 bits per heavy atom. The summed E-state index contributed by atoms with van der Waals surface area (Å²) in [7, 11) is 0. The highest BCUT2D eigenvalue weighted by Crippen LogP contribution is 2.30. The van der Waals surface area contributed by atoms with Gasteiger partial charge in [0.1, 0.15) is 0 Å². The van der Waals surface area contributed by atoms with Crippen molar-refractivity contribution in [2.45, 2.75) is 65.5 Å². The first kappa shape index (κ1) is 17.2. The van der Waals surface area contributed by atoms with Crippen molar-refractivity contribution in [2.24, 2.45) is 5.73 Å². The molecule has 0 aliphatic carbocycles. The summed E-state index contributed by atoms with van der Waals surface area (Å²) in [5, 5.41) is 0. The molecule has 0 aromatic heterocycles. The molecule has 1 atom stereocenters. The van der Waals surface area contributed by atoms with Crippen molar-refractivity contribution in [3.8, 4) is 0 Å². The molecule has 0 aliphatic rings. The lowest BCUT2D eigenvalue weighted by Crippen LogP contribution is -2.51. The zero-order valence-corrected chi connectivity index (χ0v) is 14.3. The van der Waals surface area contributed by atoms with Gasteiger partial charge in [0.05, 0.1) is 0 Å². The molecule has 0 amide bonds. The summed E-state index contributed by atoms with van der Waals surface area (Å²) >= 11 is 0. The van der Waals surface area contributed by atoms with Crippen molar-refractivity contribution < 1.29 is 0 Å². The summed E-state index contributed by atoms with van der Waals surface area (Å²) in [5.41, 5.74) is 9.27. The van der Waals surface area contributed by atoms with Crippen LogP contribution in [-0.4, -0.2) is 23.5 Å². The number of hydrogen-bond acceptors (Lipinski definition) is 2. The van der Waals surface area contributed by atoms with Crippen molar-refractivity contribution in [3.05, 3.63) is 35.4 Å². The Morgan fingerprint density at radius 1 is 0.950 bits per heavy atom. The highest BCUT2D eigenvalue weighted by atomic mass is 15.2. The highest BCUT2D eigenvalue weighted by molar-refractivity contribution is 5.30. The van der Waals surface area contributed by atoms with Crippen molar-refractivity contribution in [1.29, 1.82) is 0 Å². The van der Waals surface area contributed by atoms with Gasteiger partial charge in [0, 0.05) is 11.6 Å². The third-order valence-electron chi connectivity index (χ3n) is 4.48. The average molecular weight is 276 g/mol. The zero-order chi connectivity index (χ0) is 15.6. The first-order valence-corrected chi connectivity index (χ1v) is 7.75. The summed E-state index contributed by atoms with van der Waals surface area (Å²) in [6.07, 6.45) is 0. The van der Waals surface area contributed by atoms with Crippen LogP contribution in [0.4, 0.5) is 0 Å². The molecule has 1 aromatic carbocycles. The van der Waals surface area contributed by atoms with Gasteiger partial charge in [-0.2, -0.15) is 0 Å². The molecule has 0 radical (unpaired) electrons. The first-order valence-electron chi connectivity index (χ1n) is 7.75. The molecule has 0 aliphatic heterocycles. The van der Waals surface area contributed by atoms with Gasteiger partial charge in [-0.15, -0.1) is 0 Å². The molecule has 1 unspecified atom stereocenters. The van der Waals surface area contributed by atoms with E-state index < -0.39 is 0 Å². The molecular weight excluding hydrogens is 244 g/mol. The van der Waals surface area contributed by atoms with Crippen LogP contribution in [0.2, 0.25) is 0 Å². The normalized spacial score (nSPS) is 14.7. The van der Waals surface area contributed by atoms with Crippen molar-refractivity contribution in [1.82, 2.24) is 4.90 Å². The van der Waals surface area contributed by atoms with Crippen LogP contribution in [0.1, 0.15) is 65.6 Å². The van der Waals surface area contributed by atoms with Crippen LogP contribution in [0.15, 0.2) is 24.3 Å². The minimum Gasteiger partial charge on any atom is -0.322 e. The summed E-state index contributed by atoms with van der Waals surface area (Å²) < 4.78 is 0. The molecule has 0 fully saturated rings. The molecule has 1 rings (SSSR count). The highest BCUT2D eigenvalue weighted by Gasteiger charge is 2.32. The smallest absolute Gasteiger partial charge is 0.0476 e. The number of likely N-dealkylation sites (N-methyl/N-ethyl adjacent to an activating group) is 1. The number of rotatable bonds is 5. The van der Waals surface area contributed by atoms with E-state index in [1.807, 2.05) is 0 Å². The summed E-state index contributed by atoms with van der Waals surface area (Å²) in [4.78, 5) is 2.43. The Bertz CT molecular complexity index is 408. The van der Waals surface area contributed by atoms with Crippen molar-refractivity contribution >= 4 is 0 Å². The van der Waals surface area contributed by atoms with Crippen LogP contribution in [0.5, 0.6) is 0 Å². The van der Waals surface area contributed by atoms with Gasteiger partial charge in [-0.3, -0.25) is 4.90 Å². The molecule has 114 valence electrons. The van der Waals surface area contributed by atoms with Gasteiger partial charge >= 0.3 is 0 Å². The molecule has 2 N–H and O–H groups in total. The first-order chi connectivity index (χ1) is 9.14. The fourth-order valence-electron chi connectivity index (χ4n) is 2.83. The molecular formula is C18H32N2. The van der Waals surface area contributed by atoms with Gasteiger partial charge in [0.15, 0.2) is 0 Å². The van der Waals surface area contributed by atoms with Crippen LogP contribution < -0.4 is 5.73 Å². The predicted octanol–water partition coefficient (Wildman–Crippen LogP) is 4.10. The van der Waals surface area contributed by atoms with E-state index in [-0.39, 0.29) is 17.0 Å². The molecule has 0 saturated heterocycles. The lowest BCUT2D eigenvalue weighted by molar-refractivity contribution is 0.107. The molecule has 0 heterocycles. The SMILES string of the molecule is CCN(CC)C(C)(C)C(N)c1ccc(C(C)(C)C)cc1.